The van der Waals surface area contributed by atoms with E-state index in [-0.39, 0.29) is 17.4 Å². The quantitative estimate of drug-likeness (QED) is 0.892. The Labute approximate surface area is 144 Å². The van der Waals surface area contributed by atoms with Crippen molar-refractivity contribution in [3.05, 3.63) is 11.9 Å². The van der Waals surface area contributed by atoms with Crippen molar-refractivity contribution < 1.29 is 4.79 Å². The third kappa shape index (κ3) is 3.97. The number of nitrogens with one attached hydrogen (secondary N) is 2. The zero-order valence-electron chi connectivity index (χ0n) is 15.2. The Morgan fingerprint density at radius 3 is 2.62 bits per heavy atom. The summed E-state index contributed by atoms with van der Waals surface area (Å²) >= 11 is 0. The van der Waals surface area contributed by atoms with E-state index in [9.17, 15) is 4.79 Å². The molecule has 2 heterocycles. The van der Waals surface area contributed by atoms with Crippen molar-refractivity contribution in [3.8, 4) is 0 Å². The highest BCUT2D eigenvalue weighted by Crippen LogP contribution is 2.38. The first-order valence-corrected chi connectivity index (χ1v) is 9.38. The molecule has 1 aromatic rings. The van der Waals surface area contributed by atoms with Gasteiger partial charge in [-0.05, 0) is 50.1 Å². The summed E-state index contributed by atoms with van der Waals surface area (Å²) in [6.45, 7) is 8.82. The van der Waals surface area contributed by atoms with Crippen LogP contribution in [-0.4, -0.2) is 40.0 Å². The number of hydrogen-bond acceptors (Lipinski definition) is 4. The standard InChI is InChI=1S/C18H31N5O/c1-18(2,3)14-6-4-5-7-15(14)20-17(24)16-12-23(22-21-16)13-8-10-19-11-9-13/h12-15,19H,4-11H2,1-3H3,(H,20,24). The Bertz CT molecular complexity index is 556. The van der Waals surface area contributed by atoms with E-state index in [2.05, 4.69) is 41.7 Å². The van der Waals surface area contributed by atoms with Crippen LogP contribution < -0.4 is 10.6 Å². The van der Waals surface area contributed by atoms with E-state index in [4.69, 9.17) is 0 Å². The van der Waals surface area contributed by atoms with Gasteiger partial charge in [0.2, 0.25) is 0 Å². The molecule has 24 heavy (non-hydrogen) atoms. The van der Waals surface area contributed by atoms with Crippen LogP contribution >= 0.6 is 0 Å². The molecule has 1 saturated carbocycles. The molecule has 6 nitrogen and oxygen atoms in total. The van der Waals surface area contributed by atoms with Crippen molar-refractivity contribution in [1.29, 1.82) is 0 Å². The maximum atomic E-state index is 12.6. The van der Waals surface area contributed by atoms with Crippen LogP contribution in [0.2, 0.25) is 0 Å². The van der Waals surface area contributed by atoms with E-state index < -0.39 is 0 Å². The molecule has 0 radical (unpaired) electrons. The highest BCUT2D eigenvalue weighted by Gasteiger charge is 2.35. The third-order valence-corrected chi connectivity index (χ3v) is 5.62. The van der Waals surface area contributed by atoms with Gasteiger partial charge >= 0.3 is 0 Å². The lowest BCUT2D eigenvalue weighted by Gasteiger charge is -2.40. The van der Waals surface area contributed by atoms with E-state index in [0.29, 0.717) is 17.7 Å². The van der Waals surface area contributed by atoms with Crippen LogP contribution in [0, 0.1) is 11.3 Å². The van der Waals surface area contributed by atoms with Crippen molar-refractivity contribution in [1.82, 2.24) is 25.6 Å². The molecular weight excluding hydrogens is 302 g/mol. The van der Waals surface area contributed by atoms with E-state index in [1.165, 1.54) is 19.3 Å². The van der Waals surface area contributed by atoms with Crippen LogP contribution in [0.15, 0.2) is 6.20 Å². The summed E-state index contributed by atoms with van der Waals surface area (Å²) in [5, 5.41) is 14.9. The average Bonchev–Trinajstić information content (AvgIpc) is 3.05. The minimum Gasteiger partial charge on any atom is -0.348 e. The van der Waals surface area contributed by atoms with Crippen molar-refractivity contribution in [2.45, 2.75) is 71.4 Å². The van der Waals surface area contributed by atoms with E-state index in [1.807, 2.05) is 10.9 Å². The SMILES string of the molecule is CC(C)(C)C1CCCCC1NC(=O)c1cn(C2CCNCC2)nn1. The molecule has 2 aliphatic rings. The molecule has 2 N–H and O–H groups in total. The maximum Gasteiger partial charge on any atom is 0.273 e. The Morgan fingerprint density at radius 2 is 1.92 bits per heavy atom. The van der Waals surface area contributed by atoms with Gasteiger partial charge in [0.1, 0.15) is 0 Å². The Balaban J connectivity index is 1.64. The van der Waals surface area contributed by atoms with Gasteiger partial charge in [-0.3, -0.25) is 4.79 Å². The van der Waals surface area contributed by atoms with Gasteiger partial charge in [0.25, 0.3) is 5.91 Å². The number of hydrogen-bond donors (Lipinski definition) is 2. The number of nitrogens with zero attached hydrogens (tertiary/aromatic N) is 3. The largest absolute Gasteiger partial charge is 0.348 e. The molecule has 2 atom stereocenters. The Morgan fingerprint density at radius 1 is 1.21 bits per heavy atom. The van der Waals surface area contributed by atoms with Crippen LogP contribution in [0.5, 0.6) is 0 Å². The van der Waals surface area contributed by atoms with Crippen LogP contribution in [-0.2, 0) is 0 Å². The minimum atomic E-state index is -0.0728. The molecule has 2 unspecified atom stereocenters. The number of rotatable bonds is 3. The average molecular weight is 333 g/mol. The Kier molecular flexibility index (Phi) is 5.23. The molecule has 6 heteroatoms. The van der Waals surface area contributed by atoms with Crippen molar-refractivity contribution >= 4 is 5.91 Å². The molecule has 3 rings (SSSR count). The fourth-order valence-electron chi connectivity index (χ4n) is 4.21. The van der Waals surface area contributed by atoms with Crippen LogP contribution in [0.25, 0.3) is 0 Å². The molecule has 0 bridgehead atoms. The van der Waals surface area contributed by atoms with Gasteiger partial charge < -0.3 is 10.6 Å². The van der Waals surface area contributed by atoms with Gasteiger partial charge in [-0.15, -0.1) is 5.10 Å². The number of carbonyl (C=O) groups excluding carboxylic acids is 1. The zero-order valence-corrected chi connectivity index (χ0v) is 15.2. The monoisotopic (exact) mass is 333 g/mol. The van der Waals surface area contributed by atoms with Crippen LogP contribution in [0.3, 0.4) is 0 Å². The first-order chi connectivity index (χ1) is 11.4. The Hall–Kier alpha value is -1.43. The van der Waals surface area contributed by atoms with Gasteiger partial charge in [0, 0.05) is 6.04 Å². The van der Waals surface area contributed by atoms with E-state index >= 15 is 0 Å². The number of carbonyl (C=O) groups is 1. The maximum absolute atomic E-state index is 12.6. The van der Waals surface area contributed by atoms with Gasteiger partial charge in [-0.25, -0.2) is 4.68 Å². The number of aromatic nitrogens is 3. The van der Waals surface area contributed by atoms with Crippen LogP contribution in [0.4, 0.5) is 0 Å². The van der Waals surface area contributed by atoms with Crippen LogP contribution in [0.1, 0.15) is 75.8 Å². The molecule has 1 amide bonds. The highest BCUT2D eigenvalue weighted by molar-refractivity contribution is 5.92. The van der Waals surface area contributed by atoms with Crippen molar-refractivity contribution in [2.75, 3.05) is 13.1 Å². The lowest BCUT2D eigenvalue weighted by Crippen LogP contribution is -2.46. The summed E-state index contributed by atoms with van der Waals surface area (Å²) in [6.07, 6.45) is 8.62. The molecule has 0 aromatic carbocycles. The van der Waals surface area contributed by atoms with E-state index in [1.54, 1.807) is 0 Å². The smallest absolute Gasteiger partial charge is 0.273 e. The molecule has 1 saturated heterocycles. The first kappa shape index (κ1) is 17.4. The summed E-state index contributed by atoms with van der Waals surface area (Å²) in [4.78, 5) is 12.6. The second kappa shape index (κ2) is 7.21. The summed E-state index contributed by atoms with van der Waals surface area (Å²) in [6, 6.07) is 0.604. The number of piperidine rings is 1. The summed E-state index contributed by atoms with van der Waals surface area (Å²) in [5.74, 6) is 0.450. The second-order valence-electron chi connectivity index (χ2n) is 8.40. The third-order valence-electron chi connectivity index (χ3n) is 5.62. The molecule has 2 fully saturated rings. The normalized spacial score (nSPS) is 26.3. The fraction of sp³-hybridized carbons (Fsp3) is 0.833. The van der Waals surface area contributed by atoms with Crippen molar-refractivity contribution in [2.24, 2.45) is 11.3 Å². The molecule has 134 valence electrons. The van der Waals surface area contributed by atoms with Gasteiger partial charge in [0.15, 0.2) is 5.69 Å². The summed E-state index contributed by atoms with van der Waals surface area (Å²) in [5.41, 5.74) is 0.664. The fourth-order valence-corrected chi connectivity index (χ4v) is 4.21. The second-order valence-corrected chi connectivity index (χ2v) is 8.40. The predicted octanol–water partition coefficient (Wildman–Crippen LogP) is 2.54. The van der Waals surface area contributed by atoms with Gasteiger partial charge in [-0.2, -0.15) is 0 Å². The summed E-state index contributed by atoms with van der Waals surface area (Å²) < 4.78 is 1.87. The zero-order chi connectivity index (χ0) is 17.2. The highest BCUT2D eigenvalue weighted by atomic mass is 16.2. The van der Waals surface area contributed by atoms with Crippen molar-refractivity contribution in [3.63, 3.8) is 0 Å². The van der Waals surface area contributed by atoms with E-state index in [0.717, 1.165) is 32.4 Å². The molecular formula is C18H31N5O. The first-order valence-electron chi connectivity index (χ1n) is 9.38. The topological polar surface area (TPSA) is 71.8 Å². The number of amides is 1. The predicted molar refractivity (Wildman–Crippen MR) is 93.8 cm³/mol. The lowest BCUT2D eigenvalue weighted by molar-refractivity contribution is 0.0825. The molecule has 1 aliphatic carbocycles. The molecule has 1 aliphatic heterocycles. The summed E-state index contributed by atoms with van der Waals surface area (Å²) in [7, 11) is 0. The minimum absolute atomic E-state index is 0.0728. The van der Waals surface area contributed by atoms with Gasteiger partial charge in [0.05, 0.1) is 12.2 Å². The lowest BCUT2D eigenvalue weighted by atomic mass is 9.69. The molecule has 0 spiro atoms. The molecule has 1 aromatic heterocycles. The van der Waals surface area contributed by atoms with Gasteiger partial charge in [-0.1, -0.05) is 38.8 Å².